The molecular formula is C15H24N2O3. The van der Waals surface area contributed by atoms with Crippen LogP contribution in [-0.4, -0.2) is 32.8 Å². The average Bonchev–Trinajstić information content (AvgIpc) is 2.44. The first-order valence-corrected chi connectivity index (χ1v) is 6.67. The molecule has 0 aromatic heterocycles. The Morgan fingerprint density at radius 1 is 1.35 bits per heavy atom. The van der Waals surface area contributed by atoms with Gasteiger partial charge in [-0.1, -0.05) is 12.1 Å². The SMILES string of the molecule is COCCOCc1cccc(NC(=O)C(C)(C)CN)c1. The number of nitrogens with two attached hydrogens (primary N) is 1. The summed E-state index contributed by atoms with van der Waals surface area (Å²) in [4.78, 5) is 12.0. The van der Waals surface area contributed by atoms with Gasteiger partial charge >= 0.3 is 0 Å². The summed E-state index contributed by atoms with van der Waals surface area (Å²) >= 11 is 0. The first-order chi connectivity index (χ1) is 9.49. The molecule has 1 rings (SSSR count). The van der Waals surface area contributed by atoms with E-state index in [9.17, 15) is 4.79 Å². The Morgan fingerprint density at radius 3 is 2.75 bits per heavy atom. The normalized spacial score (nSPS) is 11.4. The van der Waals surface area contributed by atoms with Crippen LogP contribution in [0.5, 0.6) is 0 Å². The molecule has 1 aromatic carbocycles. The van der Waals surface area contributed by atoms with Crippen LogP contribution in [0.15, 0.2) is 24.3 Å². The van der Waals surface area contributed by atoms with E-state index in [2.05, 4.69) is 5.32 Å². The molecule has 0 fully saturated rings. The van der Waals surface area contributed by atoms with Crippen LogP contribution in [0.4, 0.5) is 5.69 Å². The van der Waals surface area contributed by atoms with Gasteiger partial charge in [0.1, 0.15) is 0 Å². The minimum atomic E-state index is -0.578. The van der Waals surface area contributed by atoms with Gasteiger partial charge in [-0.15, -0.1) is 0 Å². The summed E-state index contributed by atoms with van der Waals surface area (Å²) in [6.07, 6.45) is 0. The van der Waals surface area contributed by atoms with E-state index in [0.717, 1.165) is 11.3 Å². The Labute approximate surface area is 120 Å². The predicted octanol–water partition coefficient (Wildman–Crippen LogP) is 1.77. The number of rotatable bonds is 8. The molecule has 0 aliphatic heterocycles. The zero-order valence-corrected chi connectivity index (χ0v) is 12.4. The van der Waals surface area contributed by atoms with E-state index in [1.165, 1.54) is 0 Å². The number of hydrogen-bond donors (Lipinski definition) is 2. The molecule has 0 spiro atoms. The standard InChI is InChI=1S/C15H24N2O3/c1-15(2,11-16)14(18)17-13-6-4-5-12(9-13)10-20-8-7-19-3/h4-6,9H,7-8,10-11,16H2,1-3H3,(H,17,18). The Balaban J connectivity index is 2.57. The van der Waals surface area contributed by atoms with E-state index in [1.807, 2.05) is 38.1 Å². The van der Waals surface area contributed by atoms with Crippen molar-refractivity contribution in [2.24, 2.45) is 11.1 Å². The highest BCUT2D eigenvalue weighted by atomic mass is 16.5. The lowest BCUT2D eigenvalue weighted by Gasteiger charge is -2.21. The molecule has 3 N–H and O–H groups in total. The number of ether oxygens (including phenoxy) is 2. The predicted molar refractivity (Wildman–Crippen MR) is 79.4 cm³/mol. The van der Waals surface area contributed by atoms with Gasteiger partial charge in [-0.05, 0) is 31.5 Å². The van der Waals surface area contributed by atoms with Crippen molar-refractivity contribution in [2.45, 2.75) is 20.5 Å². The van der Waals surface area contributed by atoms with Crippen LogP contribution < -0.4 is 11.1 Å². The topological polar surface area (TPSA) is 73.6 Å². The molecule has 0 bridgehead atoms. The van der Waals surface area contributed by atoms with Gasteiger partial charge in [-0.25, -0.2) is 0 Å². The van der Waals surface area contributed by atoms with Crippen molar-refractivity contribution in [2.75, 3.05) is 32.2 Å². The number of benzene rings is 1. The molecule has 0 aliphatic carbocycles. The Kier molecular flexibility index (Phi) is 6.64. The molecular weight excluding hydrogens is 256 g/mol. The fourth-order valence-corrected chi connectivity index (χ4v) is 1.46. The highest BCUT2D eigenvalue weighted by Crippen LogP contribution is 2.18. The second kappa shape index (κ2) is 7.99. The summed E-state index contributed by atoms with van der Waals surface area (Å²) in [6.45, 7) is 5.56. The van der Waals surface area contributed by atoms with Gasteiger partial charge in [0.15, 0.2) is 0 Å². The molecule has 0 saturated carbocycles. The third-order valence-corrected chi connectivity index (χ3v) is 3.01. The molecule has 0 radical (unpaired) electrons. The summed E-state index contributed by atoms with van der Waals surface area (Å²) in [5.41, 5.74) is 6.77. The lowest BCUT2D eigenvalue weighted by Crippen LogP contribution is -2.37. The summed E-state index contributed by atoms with van der Waals surface area (Å²) in [7, 11) is 1.64. The average molecular weight is 280 g/mol. The lowest BCUT2D eigenvalue weighted by molar-refractivity contribution is -0.123. The van der Waals surface area contributed by atoms with Crippen molar-refractivity contribution in [3.63, 3.8) is 0 Å². The number of hydrogen-bond acceptors (Lipinski definition) is 4. The summed E-state index contributed by atoms with van der Waals surface area (Å²) in [6, 6.07) is 7.59. The molecule has 0 aliphatic rings. The van der Waals surface area contributed by atoms with Crippen molar-refractivity contribution < 1.29 is 14.3 Å². The van der Waals surface area contributed by atoms with E-state index < -0.39 is 5.41 Å². The lowest BCUT2D eigenvalue weighted by atomic mass is 9.92. The molecule has 112 valence electrons. The number of carbonyl (C=O) groups is 1. The van der Waals surface area contributed by atoms with Crippen LogP contribution in [0.2, 0.25) is 0 Å². The van der Waals surface area contributed by atoms with Crippen molar-refractivity contribution in [3.8, 4) is 0 Å². The molecule has 0 atom stereocenters. The van der Waals surface area contributed by atoms with Crippen molar-refractivity contribution in [3.05, 3.63) is 29.8 Å². The summed E-state index contributed by atoms with van der Waals surface area (Å²) in [5, 5.41) is 2.88. The second-order valence-electron chi connectivity index (χ2n) is 5.29. The van der Waals surface area contributed by atoms with Gasteiger partial charge in [0.2, 0.25) is 5.91 Å². The van der Waals surface area contributed by atoms with Gasteiger partial charge < -0.3 is 20.5 Å². The van der Waals surface area contributed by atoms with E-state index in [-0.39, 0.29) is 5.91 Å². The van der Waals surface area contributed by atoms with E-state index >= 15 is 0 Å². The zero-order chi connectivity index (χ0) is 15.0. The van der Waals surface area contributed by atoms with Crippen LogP contribution in [0.25, 0.3) is 0 Å². The minimum absolute atomic E-state index is 0.0857. The molecule has 5 nitrogen and oxygen atoms in total. The first-order valence-electron chi connectivity index (χ1n) is 6.67. The van der Waals surface area contributed by atoms with Gasteiger partial charge in [0.25, 0.3) is 0 Å². The second-order valence-corrected chi connectivity index (χ2v) is 5.29. The number of methoxy groups -OCH3 is 1. The monoisotopic (exact) mass is 280 g/mol. The molecule has 5 heteroatoms. The third kappa shape index (κ3) is 5.28. The molecule has 0 heterocycles. The molecule has 1 amide bonds. The van der Waals surface area contributed by atoms with Gasteiger partial charge in [0.05, 0.1) is 25.2 Å². The van der Waals surface area contributed by atoms with Gasteiger partial charge in [-0.2, -0.15) is 0 Å². The largest absolute Gasteiger partial charge is 0.382 e. The maximum absolute atomic E-state index is 12.0. The smallest absolute Gasteiger partial charge is 0.231 e. The van der Waals surface area contributed by atoms with E-state index in [1.54, 1.807) is 7.11 Å². The van der Waals surface area contributed by atoms with Crippen LogP contribution >= 0.6 is 0 Å². The first kappa shape index (κ1) is 16.6. The van der Waals surface area contributed by atoms with E-state index in [0.29, 0.717) is 26.4 Å². The van der Waals surface area contributed by atoms with Crippen LogP contribution in [0.1, 0.15) is 19.4 Å². The third-order valence-electron chi connectivity index (χ3n) is 3.01. The Morgan fingerprint density at radius 2 is 2.10 bits per heavy atom. The number of anilines is 1. The van der Waals surface area contributed by atoms with Crippen LogP contribution in [-0.2, 0) is 20.9 Å². The maximum atomic E-state index is 12.0. The summed E-state index contributed by atoms with van der Waals surface area (Å²) < 4.78 is 10.4. The van der Waals surface area contributed by atoms with Crippen molar-refractivity contribution >= 4 is 11.6 Å². The van der Waals surface area contributed by atoms with Crippen LogP contribution in [0, 0.1) is 5.41 Å². The highest BCUT2D eigenvalue weighted by Gasteiger charge is 2.25. The van der Waals surface area contributed by atoms with Gasteiger partial charge in [0, 0.05) is 19.3 Å². The number of carbonyl (C=O) groups excluding carboxylic acids is 1. The van der Waals surface area contributed by atoms with Gasteiger partial charge in [-0.3, -0.25) is 4.79 Å². The van der Waals surface area contributed by atoms with Crippen molar-refractivity contribution in [1.29, 1.82) is 0 Å². The molecule has 20 heavy (non-hydrogen) atoms. The van der Waals surface area contributed by atoms with Crippen molar-refractivity contribution in [1.82, 2.24) is 0 Å². The number of nitrogens with one attached hydrogen (secondary N) is 1. The number of amides is 1. The highest BCUT2D eigenvalue weighted by molar-refractivity contribution is 5.95. The molecule has 1 aromatic rings. The molecule has 0 saturated heterocycles. The fraction of sp³-hybridized carbons (Fsp3) is 0.533. The minimum Gasteiger partial charge on any atom is -0.382 e. The molecule has 0 unspecified atom stereocenters. The Hall–Kier alpha value is -1.43. The summed E-state index contributed by atoms with van der Waals surface area (Å²) in [5.74, 6) is -0.0857. The maximum Gasteiger partial charge on any atom is 0.231 e. The quantitative estimate of drug-likeness (QED) is 0.712. The fourth-order valence-electron chi connectivity index (χ4n) is 1.46. The van der Waals surface area contributed by atoms with E-state index in [4.69, 9.17) is 15.2 Å². The zero-order valence-electron chi connectivity index (χ0n) is 12.4. The van der Waals surface area contributed by atoms with Crippen LogP contribution in [0.3, 0.4) is 0 Å². The Bertz CT molecular complexity index is 433.